The van der Waals surface area contributed by atoms with Gasteiger partial charge in [0.15, 0.2) is 5.78 Å². The van der Waals surface area contributed by atoms with Crippen molar-refractivity contribution in [1.29, 1.82) is 0 Å². The zero-order chi connectivity index (χ0) is 16.2. The van der Waals surface area contributed by atoms with Gasteiger partial charge in [-0.2, -0.15) is 0 Å². The number of tetrazole rings is 1. The summed E-state index contributed by atoms with van der Waals surface area (Å²) < 4.78 is 6.74. The molecule has 0 amide bonds. The Kier molecular flexibility index (Phi) is 3.92. The van der Waals surface area contributed by atoms with Crippen LogP contribution in [0.5, 0.6) is 5.75 Å². The molecule has 0 aliphatic rings. The molecule has 7 nitrogen and oxygen atoms in total. The van der Waals surface area contributed by atoms with Crippen molar-refractivity contribution in [2.45, 2.75) is 6.92 Å². The van der Waals surface area contributed by atoms with Gasteiger partial charge in [-0.3, -0.25) is 4.79 Å². The first kappa shape index (κ1) is 14.6. The first-order valence-electron chi connectivity index (χ1n) is 6.80. The van der Waals surface area contributed by atoms with Crippen LogP contribution in [0.15, 0.2) is 54.9 Å². The first-order valence-corrected chi connectivity index (χ1v) is 6.80. The van der Waals surface area contributed by atoms with Gasteiger partial charge in [0, 0.05) is 5.56 Å². The van der Waals surface area contributed by atoms with Crippen molar-refractivity contribution in [2.24, 2.45) is 0 Å². The molecule has 0 saturated carbocycles. The van der Waals surface area contributed by atoms with E-state index in [-0.39, 0.29) is 5.78 Å². The van der Waals surface area contributed by atoms with Gasteiger partial charge in [0.2, 0.25) is 0 Å². The van der Waals surface area contributed by atoms with Crippen molar-refractivity contribution in [1.82, 2.24) is 20.2 Å². The predicted octanol–water partition coefficient (Wildman–Crippen LogP) is 2.08. The van der Waals surface area contributed by atoms with Gasteiger partial charge >= 0.3 is 5.97 Å². The van der Waals surface area contributed by atoms with Crippen molar-refractivity contribution in [2.75, 3.05) is 0 Å². The van der Waals surface area contributed by atoms with Crippen molar-refractivity contribution in [3.63, 3.8) is 0 Å². The molecule has 0 radical (unpaired) electrons. The average molecular weight is 308 g/mol. The van der Waals surface area contributed by atoms with Gasteiger partial charge in [-0.25, -0.2) is 9.48 Å². The van der Waals surface area contributed by atoms with Gasteiger partial charge in [0.1, 0.15) is 12.1 Å². The number of hydrogen-bond donors (Lipinski definition) is 0. The Morgan fingerprint density at radius 2 is 1.83 bits per heavy atom. The molecule has 3 rings (SSSR count). The number of hydrogen-bond acceptors (Lipinski definition) is 6. The third-order valence-corrected chi connectivity index (χ3v) is 3.17. The summed E-state index contributed by atoms with van der Waals surface area (Å²) >= 11 is 0. The number of aromatic nitrogens is 4. The molecule has 0 fully saturated rings. The maximum absolute atomic E-state index is 12.2. The predicted molar refractivity (Wildman–Crippen MR) is 80.6 cm³/mol. The van der Waals surface area contributed by atoms with Gasteiger partial charge in [-0.15, -0.1) is 5.10 Å². The van der Waals surface area contributed by atoms with Crippen molar-refractivity contribution < 1.29 is 14.3 Å². The number of ketones is 1. The molecule has 2 aromatic carbocycles. The fraction of sp³-hybridized carbons (Fsp3) is 0.0625. The average Bonchev–Trinajstić information content (AvgIpc) is 3.10. The molecule has 3 aromatic rings. The van der Waals surface area contributed by atoms with Crippen molar-refractivity contribution >= 4 is 11.8 Å². The van der Waals surface area contributed by atoms with E-state index in [2.05, 4.69) is 15.5 Å². The van der Waals surface area contributed by atoms with Gasteiger partial charge in [0.25, 0.3) is 0 Å². The maximum Gasteiger partial charge on any atom is 0.343 e. The summed E-state index contributed by atoms with van der Waals surface area (Å²) in [6, 6.07) is 13.1. The Morgan fingerprint density at radius 1 is 1.04 bits per heavy atom. The fourth-order valence-electron chi connectivity index (χ4n) is 1.98. The van der Waals surface area contributed by atoms with Crippen LogP contribution in [0, 0.1) is 0 Å². The van der Waals surface area contributed by atoms with Crippen LogP contribution in [0.3, 0.4) is 0 Å². The van der Waals surface area contributed by atoms with Crippen LogP contribution in [-0.4, -0.2) is 32.0 Å². The molecule has 0 spiro atoms. The standard InChI is InChI=1S/C16H12N4O3/c1-11(21)12-5-7-15(8-6-12)23-16(22)13-3-2-4-14(9-13)20-10-17-18-19-20/h2-10H,1H3. The van der Waals surface area contributed by atoms with Crippen molar-refractivity contribution in [3.05, 3.63) is 66.0 Å². The summed E-state index contributed by atoms with van der Waals surface area (Å²) in [6.07, 6.45) is 1.44. The molecule has 0 saturated heterocycles. The molecule has 0 bridgehead atoms. The molecular weight excluding hydrogens is 296 g/mol. The normalized spacial score (nSPS) is 10.3. The fourth-order valence-corrected chi connectivity index (χ4v) is 1.98. The number of esters is 1. The van der Waals surface area contributed by atoms with E-state index in [0.717, 1.165) is 0 Å². The lowest BCUT2D eigenvalue weighted by Crippen LogP contribution is -2.09. The molecule has 0 atom stereocenters. The Hall–Kier alpha value is -3.35. The quantitative estimate of drug-likeness (QED) is 0.416. The van der Waals surface area contributed by atoms with Crippen LogP contribution in [0.25, 0.3) is 5.69 Å². The van der Waals surface area contributed by atoms with Gasteiger partial charge < -0.3 is 4.74 Å². The Morgan fingerprint density at radius 3 is 2.48 bits per heavy atom. The van der Waals surface area contributed by atoms with E-state index in [4.69, 9.17) is 4.74 Å². The van der Waals surface area contributed by atoms with Crippen LogP contribution >= 0.6 is 0 Å². The molecule has 1 aromatic heterocycles. The Balaban J connectivity index is 1.78. The number of Topliss-reactive ketones (excluding diaryl/α,β-unsaturated/α-hetero) is 1. The molecule has 7 heteroatoms. The van der Waals surface area contributed by atoms with E-state index < -0.39 is 5.97 Å². The lowest BCUT2D eigenvalue weighted by Gasteiger charge is -2.06. The van der Waals surface area contributed by atoms with Crippen LogP contribution < -0.4 is 4.74 Å². The largest absolute Gasteiger partial charge is 0.423 e. The molecule has 0 aliphatic heterocycles. The number of nitrogens with zero attached hydrogens (tertiary/aromatic N) is 4. The molecule has 23 heavy (non-hydrogen) atoms. The lowest BCUT2D eigenvalue weighted by atomic mass is 10.1. The minimum atomic E-state index is -0.504. The minimum absolute atomic E-state index is 0.0444. The van der Waals surface area contributed by atoms with Crippen LogP contribution in [-0.2, 0) is 0 Å². The number of benzene rings is 2. The minimum Gasteiger partial charge on any atom is -0.423 e. The summed E-state index contributed by atoms with van der Waals surface area (Å²) in [5.41, 5.74) is 1.58. The van der Waals surface area contributed by atoms with E-state index in [9.17, 15) is 9.59 Å². The zero-order valence-corrected chi connectivity index (χ0v) is 12.2. The maximum atomic E-state index is 12.2. The molecule has 1 heterocycles. The summed E-state index contributed by atoms with van der Waals surface area (Å²) in [4.78, 5) is 23.4. The molecule has 0 N–H and O–H groups in total. The van der Waals surface area contributed by atoms with E-state index in [1.807, 2.05) is 0 Å². The van der Waals surface area contributed by atoms with Gasteiger partial charge in [0.05, 0.1) is 11.3 Å². The first-order chi connectivity index (χ1) is 11.1. The highest BCUT2D eigenvalue weighted by atomic mass is 16.5. The summed E-state index contributed by atoms with van der Waals surface area (Å²) in [5, 5.41) is 10.9. The second-order valence-corrected chi connectivity index (χ2v) is 4.77. The summed E-state index contributed by atoms with van der Waals surface area (Å²) in [5.74, 6) is -0.180. The highest BCUT2D eigenvalue weighted by Gasteiger charge is 2.10. The van der Waals surface area contributed by atoms with E-state index in [1.54, 1.807) is 48.5 Å². The number of carbonyl (C=O) groups excluding carboxylic acids is 2. The second kappa shape index (κ2) is 6.18. The van der Waals surface area contributed by atoms with E-state index in [0.29, 0.717) is 22.6 Å². The van der Waals surface area contributed by atoms with E-state index >= 15 is 0 Å². The topological polar surface area (TPSA) is 87.0 Å². The van der Waals surface area contributed by atoms with Crippen molar-refractivity contribution in [3.8, 4) is 11.4 Å². The van der Waals surface area contributed by atoms with Crippen LogP contribution in [0.4, 0.5) is 0 Å². The molecule has 0 aliphatic carbocycles. The summed E-state index contributed by atoms with van der Waals surface area (Å²) in [6.45, 7) is 1.48. The highest BCUT2D eigenvalue weighted by molar-refractivity contribution is 5.94. The Labute approximate surface area is 131 Å². The second-order valence-electron chi connectivity index (χ2n) is 4.77. The lowest BCUT2D eigenvalue weighted by molar-refractivity contribution is 0.0734. The highest BCUT2D eigenvalue weighted by Crippen LogP contribution is 2.16. The monoisotopic (exact) mass is 308 g/mol. The third-order valence-electron chi connectivity index (χ3n) is 3.17. The zero-order valence-electron chi connectivity index (χ0n) is 12.2. The number of rotatable bonds is 4. The van der Waals surface area contributed by atoms with Crippen LogP contribution in [0.2, 0.25) is 0 Å². The molecular formula is C16H12N4O3. The van der Waals surface area contributed by atoms with E-state index in [1.165, 1.54) is 17.9 Å². The van der Waals surface area contributed by atoms with Gasteiger partial charge in [-0.05, 0) is 59.8 Å². The summed E-state index contributed by atoms with van der Waals surface area (Å²) in [7, 11) is 0. The number of ether oxygens (including phenoxy) is 1. The Bertz CT molecular complexity index is 842. The SMILES string of the molecule is CC(=O)c1ccc(OC(=O)c2cccc(-n3cnnn3)c2)cc1. The van der Waals surface area contributed by atoms with Crippen LogP contribution in [0.1, 0.15) is 27.6 Å². The van der Waals surface area contributed by atoms with Gasteiger partial charge in [-0.1, -0.05) is 6.07 Å². The molecule has 114 valence electrons. The molecule has 0 unspecified atom stereocenters. The smallest absolute Gasteiger partial charge is 0.343 e. The third kappa shape index (κ3) is 3.29. The number of carbonyl (C=O) groups is 2.